The Bertz CT molecular complexity index is 254. The van der Waals surface area contributed by atoms with E-state index in [0.717, 1.165) is 32.6 Å². The molecular formula is C9H20FNO3S. The van der Waals surface area contributed by atoms with Crippen molar-refractivity contribution in [2.75, 3.05) is 6.54 Å². The minimum atomic E-state index is -4.34. The Balaban J connectivity index is 3.89. The van der Waals surface area contributed by atoms with Crippen molar-refractivity contribution in [3.8, 4) is 0 Å². The third-order valence-corrected chi connectivity index (χ3v) is 3.30. The zero-order chi connectivity index (χ0) is 11.9. The molecule has 4 nitrogen and oxygen atoms in total. The lowest BCUT2D eigenvalue weighted by atomic mass is 10.2. The summed E-state index contributed by atoms with van der Waals surface area (Å²) in [7, 11) is -4.34. The molecule has 0 amide bonds. The predicted molar refractivity (Wildman–Crippen MR) is 58.1 cm³/mol. The highest BCUT2D eigenvalue weighted by atomic mass is 32.2. The summed E-state index contributed by atoms with van der Waals surface area (Å²) in [6, 6.07) is 0. The van der Waals surface area contributed by atoms with Gasteiger partial charge in [0.15, 0.2) is 5.37 Å². The summed E-state index contributed by atoms with van der Waals surface area (Å²) in [5.41, 5.74) is 0. The summed E-state index contributed by atoms with van der Waals surface area (Å²) in [6.45, 7) is 3.58. The fourth-order valence-corrected chi connectivity index (χ4v) is 2.10. The minimum Gasteiger partial charge on any atom is -0.297 e. The molecule has 0 aromatic carbocycles. The summed E-state index contributed by atoms with van der Waals surface area (Å²) in [5.74, 6) is 0. The summed E-state index contributed by atoms with van der Waals surface area (Å²) in [5, 5.41) is 1.00. The molecule has 0 heterocycles. The van der Waals surface area contributed by atoms with Crippen LogP contribution in [-0.4, -0.2) is 31.1 Å². The fraction of sp³-hybridized carbons (Fsp3) is 1.00. The lowest BCUT2D eigenvalue weighted by molar-refractivity contribution is 0.301. The Morgan fingerprint density at radius 2 is 1.93 bits per heavy atom. The summed E-state index contributed by atoms with van der Waals surface area (Å²) < 4.78 is 43.0. The molecule has 0 aromatic heterocycles. The zero-order valence-electron chi connectivity index (χ0n) is 9.24. The monoisotopic (exact) mass is 241 g/mol. The van der Waals surface area contributed by atoms with Gasteiger partial charge in [0, 0.05) is 0 Å². The van der Waals surface area contributed by atoms with E-state index < -0.39 is 21.7 Å². The third kappa shape index (κ3) is 6.81. The van der Waals surface area contributed by atoms with E-state index in [9.17, 15) is 12.8 Å². The minimum absolute atomic E-state index is 0.402. The van der Waals surface area contributed by atoms with Crippen LogP contribution >= 0.6 is 0 Å². The van der Waals surface area contributed by atoms with Gasteiger partial charge in [-0.1, -0.05) is 26.2 Å². The number of nitrogens with one attached hydrogen (secondary N) is 1. The van der Waals surface area contributed by atoms with E-state index >= 15 is 0 Å². The Morgan fingerprint density at radius 1 is 1.33 bits per heavy atom. The van der Waals surface area contributed by atoms with E-state index in [2.05, 4.69) is 12.2 Å². The molecule has 0 saturated carbocycles. The first-order chi connectivity index (χ1) is 6.89. The van der Waals surface area contributed by atoms with Crippen LogP contribution in [0.25, 0.3) is 0 Å². The van der Waals surface area contributed by atoms with Crippen LogP contribution in [0.5, 0.6) is 0 Å². The van der Waals surface area contributed by atoms with Gasteiger partial charge in [-0.15, -0.1) is 0 Å². The van der Waals surface area contributed by atoms with E-state index in [1.807, 2.05) is 0 Å². The largest absolute Gasteiger partial charge is 0.297 e. The third-order valence-electron chi connectivity index (χ3n) is 2.11. The van der Waals surface area contributed by atoms with Crippen molar-refractivity contribution in [2.24, 2.45) is 0 Å². The number of rotatable bonds is 8. The zero-order valence-corrected chi connectivity index (χ0v) is 10.1. The van der Waals surface area contributed by atoms with Gasteiger partial charge < -0.3 is 0 Å². The molecule has 0 fully saturated rings. The van der Waals surface area contributed by atoms with Crippen LogP contribution in [0.15, 0.2) is 0 Å². The first-order valence-corrected chi connectivity index (χ1v) is 6.73. The average Bonchev–Trinajstić information content (AvgIpc) is 2.08. The maximum atomic E-state index is 12.8. The molecule has 2 atom stereocenters. The van der Waals surface area contributed by atoms with Crippen molar-refractivity contribution in [1.82, 2.24) is 5.32 Å². The SMILES string of the molecule is CCCCCCNC(C(C)F)S(=O)(=O)O. The summed E-state index contributed by atoms with van der Waals surface area (Å²) in [4.78, 5) is 0. The number of halogens is 1. The number of hydrogen-bond donors (Lipinski definition) is 2. The molecule has 0 aliphatic rings. The first-order valence-electron chi connectivity index (χ1n) is 5.23. The molecule has 2 unspecified atom stereocenters. The van der Waals surface area contributed by atoms with Crippen LogP contribution in [0.3, 0.4) is 0 Å². The van der Waals surface area contributed by atoms with Crippen molar-refractivity contribution in [2.45, 2.75) is 51.1 Å². The summed E-state index contributed by atoms with van der Waals surface area (Å²) in [6.07, 6.45) is 2.30. The smallest absolute Gasteiger partial charge is 0.284 e. The van der Waals surface area contributed by atoms with Crippen LogP contribution < -0.4 is 5.32 Å². The molecule has 0 aromatic rings. The fourth-order valence-electron chi connectivity index (χ4n) is 1.30. The van der Waals surface area contributed by atoms with Crippen LogP contribution in [0.2, 0.25) is 0 Å². The van der Waals surface area contributed by atoms with Gasteiger partial charge in [-0.05, 0) is 19.9 Å². The lowest BCUT2D eigenvalue weighted by Crippen LogP contribution is -2.43. The van der Waals surface area contributed by atoms with E-state index in [1.165, 1.54) is 0 Å². The van der Waals surface area contributed by atoms with Crippen molar-refractivity contribution in [3.63, 3.8) is 0 Å². The van der Waals surface area contributed by atoms with E-state index in [1.54, 1.807) is 0 Å². The maximum absolute atomic E-state index is 12.8. The Morgan fingerprint density at radius 3 is 2.33 bits per heavy atom. The van der Waals surface area contributed by atoms with Crippen molar-refractivity contribution in [3.05, 3.63) is 0 Å². The normalized spacial score (nSPS) is 16.3. The lowest BCUT2D eigenvalue weighted by Gasteiger charge is -2.16. The van der Waals surface area contributed by atoms with Crippen molar-refractivity contribution >= 4 is 10.1 Å². The standard InChI is InChI=1S/C9H20FNO3S/c1-3-4-5-6-7-11-9(8(2)10)15(12,13)14/h8-9,11H,3-7H2,1-2H3,(H,12,13,14). The molecule has 0 radical (unpaired) electrons. The molecular weight excluding hydrogens is 221 g/mol. The second kappa shape index (κ2) is 7.14. The molecule has 0 aliphatic carbocycles. The second-order valence-electron chi connectivity index (χ2n) is 3.63. The Kier molecular flexibility index (Phi) is 7.04. The average molecular weight is 241 g/mol. The number of hydrogen-bond acceptors (Lipinski definition) is 3. The predicted octanol–water partition coefficient (Wildman–Crippen LogP) is 1.73. The van der Waals surface area contributed by atoms with Gasteiger partial charge in [-0.3, -0.25) is 9.87 Å². The van der Waals surface area contributed by atoms with Crippen LogP contribution in [-0.2, 0) is 10.1 Å². The molecule has 0 bridgehead atoms. The van der Waals surface area contributed by atoms with Gasteiger partial charge in [0.2, 0.25) is 0 Å². The molecule has 0 rings (SSSR count). The second-order valence-corrected chi connectivity index (χ2v) is 5.17. The van der Waals surface area contributed by atoms with Crippen molar-refractivity contribution in [1.29, 1.82) is 0 Å². The number of unbranched alkanes of at least 4 members (excludes halogenated alkanes) is 3. The van der Waals surface area contributed by atoms with Gasteiger partial charge in [-0.25, -0.2) is 4.39 Å². The highest BCUT2D eigenvalue weighted by Crippen LogP contribution is 2.06. The molecule has 6 heteroatoms. The van der Waals surface area contributed by atoms with Gasteiger partial charge in [0.25, 0.3) is 10.1 Å². The van der Waals surface area contributed by atoms with Gasteiger partial charge in [-0.2, -0.15) is 8.42 Å². The van der Waals surface area contributed by atoms with Crippen molar-refractivity contribution < 1.29 is 17.4 Å². The topological polar surface area (TPSA) is 66.4 Å². The Hall–Kier alpha value is -0.200. The van der Waals surface area contributed by atoms with E-state index in [4.69, 9.17) is 4.55 Å². The van der Waals surface area contributed by atoms with Gasteiger partial charge in [0.1, 0.15) is 6.17 Å². The molecule has 15 heavy (non-hydrogen) atoms. The molecule has 0 spiro atoms. The quantitative estimate of drug-likeness (QED) is 0.501. The number of alkyl halides is 1. The van der Waals surface area contributed by atoms with Gasteiger partial charge in [0.05, 0.1) is 0 Å². The molecule has 2 N–H and O–H groups in total. The van der Waals surface area contributed by atoms with E-state index in [0.29, 0.717) is 6.54 Å². The molecule has 0 aliphatic heterocycles. The molecule has 92 valence electrons. The molecule has 0 saturated heterocycles. The first kappa shape index (κ1) is 14.8. The highest BCUT2D eigenvalue weighted by molar-refractivity contribution is 7.86. The Labute approximate surface area is 91.0 Å². The van der Waals surface area contributed by atoms with Crippen LogP contribution in [0.4, 0.5) is 4.39 Å². The summed E-state index contributed by atoms with van der Waals surface area (Å²) >= 11 is 0. The maximum Gasteiger partial charge on any atom is 0.284 e. The highest BCUT2D eigenvalue weighted by Gasteiger charge is 2.28. The van der Waals surface area contributed by atoms with Crippen LogP contribution in [0.1, 0.15) is 39.5 Å². The van der Waals surface area contributed by atoms with Crippen LogP contribution in [0, 0.1) is 0 Å². The van der Waals surface area contributed by atoms with E-state index in [-0.39, 0.29) is 0 Å². The van der Waals surface area contributed by atoms with Gasteiger partial charge >= 0.3 is 0 Å².